The molecular weight excluding hydrogens is 288 g/mol. The maximum absolute atomic E-state index is 12.2. The molecule has 23 heavy (non-hydrogen) atoms. The number of carbonyl (C=O) groups is 1. The summed E-state index contributed by atoms with van der Waals surface area (Å²) < 4.78 is 0. The van der Waals surface area contributed by atoms with Crippen LogP contribution in [0.4, 0.5) is 0 Å². The Labute approximate surface area is 135 Å². The summed E-state index contributed by atoms with van der Waals surface area (Å²) in [5, 5.41) is 11.8. The van der Waals surface area contributed by atoms with Crippen LogP contribution in [0.5, 0.6) is 0 Å². The summed E-state index contributed by atoms with van der Waals surface area (Å²) >= 11 is 0. The Morgan fingerprint density at radius 1 is 1.22 bits per heavy atom. The molecule has 1 saturated heterocycles. The molecule has 5 heteroatoms. The number of nitrogens with one attached hydrogen (secondary N) is 1. The first-order valence-corrected chi connectivity index (χ1v) is 7.69. The number of pyridine rings is 1. The molecule has 3 rings (SSSR count). The third-order valence-electron chi connectivity index (χ3n) is 4.14. The molecule has 2 heterocycles. The van der Waals surface area contributed by atoms with Crippen LogP contribution in [0.2, 0.25) is 0 Å². The van der Waals surface area contributed by atoms with Gasteiger partial charge in [0.1, 0.15) is 0 Å². The van der Waals surface area contributed by atoms with E-state index < -0.39 is 0 Å². The number of hydrogen-bond donors (Lipinski definition) is 1. The van der Waals surface area contributed by atoms with Gasteiger partial charge in [-0.05, 0) is 47.7 Å². The summed E-state index contributed by atoms with van der Waals surface area (Å²) in [5.74, 6) is 0.288. The van der Waals surface area contributed by atoms with Crippen LogP contribution in [0.3, 0.4) is 0 Å². The summed E-state index contributed by atoms with van der Waals surface area (Å²) in [7, 11) is 0. The molecule has 1 aromatic carbocycles. The van der Waals surface area contributed by atoms with E-state index in [4.69, 9.17) is 5.26 Å². The number of aromatic nitrogens is 1. The van der Waals surface area contributed by atoms with E-state index in [1.54, 1.807) is 17.3 Å². The molecule has 1 atom stereocenters. The Bertz CT molecular complexity index is 706. The van der Waals surface area contributed by atoms with Crippen molar-refractivity contribution in [3.05, 3.63) is 54.4 Å². The highest BCUT2D eigenvalue weighted by Crippen LogP contribution is 2.19. The van der Waals surface area contributed by atoms with Crippen molar-refractivity contribution in [1.29, 1.82) is 5.26 Å². The molecule has 1 unspecified atom stereocenters. The lowest BCUT2D eigenvalue weighted by molar-refractivity contribution is 0.0948. The fourth-order valence-corrected chi connectivity index (χ4v) is 2.79. The smallest absolute Gasteiger partial charge is 0.251 e. The average Bonchev–Trinajstić information content (AvgIpc) is 3.09. The molecule has 1 fully saturated rings. The van der Waals surface area contributed by atoms with Gasteiger partial charge < -0.3 is 10.2 Å². The molecular formula is C18H18N4O. The topological polar surface area (TPSA) is 69.0 Å². The van der Waals surface area contributed by atoms with Gasteiger partial charge >= 0.3 is 0 Å². The number of nitrogens with zero attached hydrogens (tertiary/aromatic N) is 3. The van der Waals surface area contributed by atoms with Crippen molar-refractivity contribution in [3.8, 4) is 17.3 Å². The SMILES string of the molecule is N#CN1CCC(CNC(=O)c2ccc(-c3ccncc3)cc2)C1. The van der Waals surface area contributed by atoms with Crippen molar-refractivity contribution in [2.75, 3.05) is 19.6 Å². The number of amides is 1. The van der Waals surface area contributed by atoms with E-state index in [1.807, 2.05) is 36.4 Å². The zero-order valence-corrected chi connectivity index (χ0v) is 12.8. The van der Waals surface area contributed by atoms with E-state index in [1.165, 1.54) is 0 Å². The summed E-state index contributed by atoms with van der Waals surface area (Å²) in [6.07, 6.45) is 6.61. The third-order valence-corrected chi connectivity index (χ3v) is 4.14. The van der Waals surface area contributed by atoms with Gasteiger partial charge in [0, 0.05) is 37.6 Å². The monoisotopic (exact) mass is 306 g/mol. The van der Waals surface area contributed by atoms with Crippen LogP contribution in [0.15, 0.2) is 48.8 Å². The van der Waals surface area contributed by atoms with E-state index in [0.717, 1.165) is 30.6 Å². The molecule has 1 aliphatic heterocycles. The van der Waals surface area contributed by atoms with Crippen LogP contribution in [0.1, 0.15) is 16.8 Å². The van der Waals surface area contributed by atoms with Crippen LogP contribution >= 0.6 is 0 Å². The fourth-order valence-electron chi connectivity index (χ4n) is 2.79. The number of carbonyl (C=O) groups excluding carboxylic acids is 1. The second-order valence-electron chi connectivity index (χ2n) is 5.72. The maximum atomic E-state index is 12.2. The van der Waals surface area contributed by atoms with E-state index in [2.05, 4.69) is 16.5 Å². The van der Waals surface area contributed by atoms with Gasteiger partial charge in [-0.25, -0.2) is 0 Å². The second-order valence-corrected chi connectivity index (χ2v) is 5.72. The zero-order chi connectivity index (χ0) is 16.1. The molecule has 0 spiro atoms. The Kier molecular flexibility index (Phi) is 4.53. The Morgan fingerprint density at radius 2 is 1.91 bits per heavy atom. The number of rotatable bonds is 4. The van der Waals surface area contributed by atoms with Gasteiger partial charge in [0.25, 0.3) is 5.91 Å². The quantitative estimate of drug-likeness (QED) is 0.880. The summed E-state index contributed by atoms with van der Waals surface area (Å²) in [5.41, 5.74) is 2.79. The van der Waals surface area contributed by atoms with E-state index in [9.17, 15) is 4.79 Å². The Morgan fingerprint density at radius 3 is 2.57 bits per heavy atom. The van der Waals surface area contributed by atoms with Gasteiger partial charge in [0.2, 0.25) is 0 Å². The van der Waals surface area contributed by atoms with Gasteiger partial charge in [0.05, 0.1) is 0 Å². The Hall–Kier alpha value is -2.87. The van der Waals surface area contributed by atoms with Crippen LogP contribution < -0.4 is 5.32 Å². The van der Waals surface area contributed by atoms with Gasteiger partial charge in [-0.15, -0.1) is 0 Å². The molecule has 1 N–H and O–H groups in total. The van der Waals surface area contributed by atoms with Crippen molar-refractivity contribution >= 4 is 5.91 Å². The molecule has 1 aromatic heterocycles. The lowest BCUT2D eigenvalue weighted by Gasteiger charge is -2.11. The lowest BCUT2D eigenvalue weighted by atomic mass is 10.0. The molecule has 5 nitrogen and oxygen atoms in total. The lowest BCUT2D eigenvalue weighted by Crippen LogP contribution is -2.30. The first-order chi connectivity index (χ1) is 11.3. The van der Waals surface area contributed by atoms with Crippen LogP contribution in [0, 0.1) is 17.4 Å². The van der Waals surface area contributed by atoms with Crippen molar-refractivity contribution < 1.29 is 4.79 Å². The van der Waals surface area contributed by atoms with Crippen molar-refractivity contribution in [2.45, 2.75) is 6.42 Å². The minimum Gasteiger partial charge on any atom is -0.352 e. The molecule has 1 aliphatic rings. The van der Waals surface area contributed by atoms with Crippen LogP contribution in [0.25, 0.3) is 11.1 Å². The van der Waals surface area contributed by atoms with Crippen LogP contribution in [-0.2, 0) is 0 Å². The highest BCUT2D eigenvalue weighted by atomic mass is 16.1. The van der Waals surface area contributed by atoms with Gasteiger partial charge in [-0.2, -0.15) is 5.26 Å². The number of hydrogen-bond acceptors (Lipinski definition) is 4. The molecule has 0 aliphatic carbocycles. The van der Waals surface area contributed by atoms with Crippen molar-refractivity contribution in [2.24, 2.45) is 5.92 Å². The first kappa shape index (κ1) is 15.0. The van der Waals surface area contributed by atoms with Gasteiger partial charge in [0.15, 0.2) is 6.19 Å². The standard InChI is InChI=1S/C18H18N4O/c19-13-22-10-7-14(12-22)11-21-18(23)17-3-1-15(2-4-17)16-5-8-20-9-6-16/h1-6,8-9,14H,7,10-12H2,(H,21,23). The third kappa shape index (κ3) is 3.67. The largest absolute Gasteiger partial charge is 0.352 e. The summed E-state index contributed by atoms with van der Waals surface area (Å²) in [6.45, 7) is 2.14. The maximum Gasteiger partial charge on any atom is 0.251 e. The number of likely N-dealkylation sites (tertiary alicyclic amines) is 1. The first-order valence-electron chi connectivity index (χ1n) is 7.69. The van der Waals surface area contributed by atoms with Crippen LogP contribution in [-0.4, -0.2) is 35.4 Å². The highest BCUT2D eigenvalue weighted by molar-refractivity contribution is 5.94. The molecule has 0 bridgehead atoms. The van der Waals surface area contributed by atoms with E-state index in [0.29, 0.717) is 18.0 Å². The Balaban J connectivity index is 1.57. The summed E-state index contributed by atoms with van der Waals surface area (Å²) in [4.78, 5) is 17.9. The summed E-state index contributed by atoms with van der Waals surface area (Å²) in [6, 6.07) is 11.4. The van der Waals surface area contributed by atoms with Crippen molar-refractivity contribution in [1.82, 2.24) is 15.2 Å². The zero-order valence-electron chi connectivity index (χ0n) is 12.8. The normalized spacial score (nSPS) is 16.8. The minimum absolute atomic E-state index is 0.0679. The molecule has 0 saturated carbocycles. The molecule has 1 amide bonds. The van der Waals surface area contributed by atoms with Crippen molar-refractivity contribution in [3.63, 3.8) is 0 Å². The molecule has 0 radical (unpaired) electrons. The van der Waals surface area contributed by atoms with Gasteiger partial charge in [-0.1, -0.05) is 12.1 Å². The van der Waals surface area contributed by atoms with Gasteiger partial charge in [-0.3, -0.25) is 9.78 Å². The average molecular weight is 306 g/mol. The number of nitriles is 1. The predicted molar refractivity (Wildman–Crippen MR) is 87.3 cm³/mol. The molecule has 116 valence electrons. The van der Waals surface area contributed by atoms with E-state index >= 15 is 0 Å². The highest BCUT2D eigenvalue weighted by Gasteiger charge is 2.21. The van der Waals surface area contributed by atoms with E-state index in [-0.39, 0.29) is 5.91 Å². The predicted octanol–water partition coefficient (Wildman–Crippen LogP) is 2.28. The fraction of sp³-hybridized carbons (Fsp3) is 0.278. The second kappa shape index (κ2) is 6.93. The number of benzene rings is 1. The molecule has 2 aromatic rings. The minimum atomic E-state index is -0.0679.